The van der Waals surface area contributed by atoms with Crippen LogP contribution in [0.1, 0.15) is 35.7 Å². The zero-order valence-electron chi connectivity index (χ0n) is 10.3. The number of carbonyl (C=O) groups excluding carboxylic acids is 1. The summed E-state index contributed by atoms with van der Waals surface area (Å²) in [4.78, 5) is 11.0. The van der Waals surface area contributed by atoms with Gasteiger partial charge in [0, 0.05) is 0 Å². The van der Waals surface area contributed by atoms with Gasteiger partial charge in [0.25, 0.3) is 0 Å². The molecule has 0 atom stereocenters. The van der Waals surface area contributed by atoms with E-state index in [1.54, 1.807) is 0 Å². The first-order valence-electron chi connectivity index (χ1n) is 5.92. The summed E-state index contributed by atoms with van der Waals surface area (Å²) in [5.41, 5.74) is 1.86. The lowest BCUT2D eigenvalue weighted by atomic mass is 10.0. The number of para-hydroxylation sites is 1. The minimum Gasteiger partial charge on any atom is -0.546 e. The van der Waals surface area contributed by atoms with E-state index in [0.29, 0.717) is 5.56 Å². The molecular formula is C13H20O2Si. The quantitative estimate of drug-likeness (QED) is 0.560. The van der Waals surface area contributed by atoms with Crippen LogP contribution in [0.4, 0.5) is 0 Å². The van der Waals surface area contributed by atoms with E-state index in [9.17, 15) is 4.79 Å². The lowest BCUT2D eigenvalue weighted by molar-refractivity contribution is 0.112. The van der Waals surface area contributed by atoms with Crippen molar-refractivity contribution in [2.75, 3.05) is 0 Å². The minimum atomic E-state index is -1.16. The highest BCUT2D eigenvalue weighted by Gasteiger charge is 2.10. The van der Waals surface area contributed by atoms with Crippen LogP contribution in [0.3, 0.4) is 0 Å². The molecule has 1 aromatic rings. The highest BCUT2D eigenvalue weighted by Crippen LogP contribution is 2.25. The SMILES string of the molecule is CCCCc1cccc(C=O)c1O[SiH](C)C. The Balaban J connectivity index is 2.99. The van der Waals surface area contributed by atoms with E-state index in [0.717, 1.165) is 31.3 Å². The molecule has 0 aliphatic carbocycles. The number of aryl methyl sites for hydroxylation is 1. The summed E-state index contributed by atoms with van der Waals surface area (Å²) in [6, 6.07) is 5.83. The molecule has 1 rings (SSSR count). The van der Waals surface area contributed by atoms with Crippen molar-refractivity contribution < 1.29 is 9.22 Å². The Morgan fingerprint density at radius 2 is 2.12 bits per heavy atom. The Labute approximate surface area is 99.4 Å². The van der Waals surface area contributed by atoms with Gasteiger partial charge in [0.15, 0.2) is 6.29 Å². The summed E-state index contributed by atoms with van der Waals surface area (Å²) >= 11 is 0. The van der Waals surface area contributed by atoms with Crippen molar-refractivity contribution in [2.45, 2.75) is 39.3 Å². The van der Waals surface area contributed by atoms with E-state index in [4.69, 9.17) is 4.43 Å². The molecule has 0 saturated heterocycles. The molecular weight excluding hydrogens is 216 g/mol. The predicted octanol–water partition coefficient (Wildman–Crippen LogP) is 3.20. The molecule has 0 aliphatic heterocycles. The van der Waals surface area contributed by atoms with Crippen LogP contribution in [0.5, 0.6) is 5.75 Å². The van der Waals surface area contributed by atoms with Gasteiger partial charge in [-0.15, -0.1) is 0 Å². The Kier molecular flexibility index (Phi) is 5.26. The first kappa shape index (κ1) is 13.0. The van der Waals surface area contributed by atoms with Gasteiger partial charge in [-0.05, 0) is 37.6 Å². The molecule has 16 heavy (non-hydrogen) atoms. The maximum absolute atomic E-state index is 11.0. The summed E-state index contributed by atoms with van der Waals surface area (Å²) in [5, 5.41) is 0. The van der Waals surface area contributed by atoms with Gasteiger partial charge >= 0.3 is 0 Å². The molecule has 3 heteroatoms. The van der Waals surface area contributed by atoms with Gasteiger partial charge in [-0.25, -0.2) is 0 Å². The second-order valence-electron chi connectivity index (χ2n) is 4.22. The lowest BCUT2D eigenvalue weighted by Gasteiger charge is -2.16. The van der Waals surface area contributed by atoms with Crippen LogP contribution in [0.15, 0.2) is 18.2 Å². The predicted molar refractivity (Wildman–Crippen MR) is 69.9 cm³/mol. The molecule has 0 bridgehead atoms. The standard InChI is InChI=1S/C13H20O2Si/c1-4-5-7-11-8-6-9-12(10-14)13(11)15-16(2)3/h6,8-10,16H,4-5,7H2,1-3H3. The Morgan fingerprint density at radius 1 is 1.38 bits per heavy atom. The Hall–Kier alpha value is -1.09. The molecule has 0 unspecified atom stereocenters. The van der Waals surface area contributed by atoms with Gasteiger partial charge in [0.05, 0.1) is 5.56 Å². The third-order valence-electron chi connectivity index (χ3n) is 2.41. The van der Waals surface area contributed by atoms with Gasteiger partial charge in [0.2, 0.25) is 9.04 Å². The van der Waals surface area contributed by atoms with Crippen LogP contribution in [-0.2, 0) is 6.42 Å². The molecule has 0 saturated carbocycles. The monoisotopic (exact) mass is 236 g/mol. The molecule has 2 nitrogen and oxygen atoms in total. The number of benzene rings is 1. The number of aldehydes is 1. The van der Waals surface area contributed by atoms with E-state index in [1.165, 1.54) is 5.56 Å². The fraction of sp³-hybridized carbons (Fsp3) is 0.462. The summed E-state index contributed by atoms with van der Waals surface area (Å²) in [7, 11) is -1.16. The molecule has 0 radical (unpaired) electrons. The van der Waals surface area contributed by atoms with Crippen molar-refractivity contribution in [3.8, 4) is 5.75 Å². The largest absolute Gasteiger partial charge is 0.546 e. The molecule has 0 amide bonds. The molecule has 0 aromatic heterocycles. The summed E-state index contributed by atoms with van der Waals surface area (Å²) < 4.78 is 5.87. The number of carbonyl (C=O) groups is 1. The van der Waals surface area contributed by atoms with E-state index in [-0.39, 0.29) is 0 Å². The average molecular weight is 236 g/mol. The van der Waals surface area contributed by atoms with Crippen molar-refractivity contribution >= 4 is 15.3 Å². The fourth-order valence-corrected chi connectivity index (χ4v) is 2.40. The van der Waals surface area contributed by atoms with Gasteiger partial charge in [-0.2, -0.15) is 0 Å². The average Bonchev–Trinajstić information content (AvgIpc) is 2.27. The zero-order valence-corrected chi connectivity index (χ0v) is 11.5. The van der Waals surface area contributed by atoms with Crippen LogP contribution in [0.25, 0.3) is 0 Å². The molecule has 1 aromatic carbocycles. The van der Waals surface area contributed by atoms with Gasteiger partial charge in [0.1, 0.15) is 5.75 Å². The molecule has 88 valence electrons. The molecule has 0 spiro atoms. The minimum absolute atomic E-state index is 0.690. The van der Waals surface area contributed by atoms with Crippen molar-refractivity contribution in [1.82, 2.24) is 0 Å². The van der Waals surface area contributed by atoms with Crippen molar-refractivity contribution in [3.63, 3.8) is 0 Å². The first-order chi connectivity index (χ1) is 7.69. The maximum atomic E-state index is 11.0. The van der Waals surface area contributed by atoms with Crippen LogP contribution >= 0.6 is 0 Å². The van der Waals surface area contributed by atoms with Crippen molar-refractivity contribution in [2.24, 2.45) is 0 Å². The number of hydrogen-bond acceptors (Lipinski definition) is 2. The normalized spacial score (nSPS) is 10.5. The van der Waals surface area contributed by atoms with E-state index in [1.807, 2.05) is 12.1 Å². The molecule has 0 heterocycles. The van der Waals surface area contributed by atoms with E-state index in [2.05, 4.69) is 26.1 Å². The summed E-state index contributed by atoms with van der Waals surface area (Å²) in [6.45, 7) is 6.40. The van der Waals surface area contributed by atoms with Gasteiger partial charge < -0.3 is 4.43 Å². The molecule has 0 N–H and O–H groups in total. The van der Waals surface area contributed by atoms with Crippen LogP contribution in [0.2, 0.25) is 13.1 Å². The third-order valence-corrected chi connectivity index (χ3v) is 3.11. The van der Waals surface area contributed by atoms with Crippen LogP contribution < -0.4 is 4.43 Å². The van der Waals surface area contributed by atoms with Crippen molar-refractivity contribution in [1.29, 1.82) is 0 Å². The number of rotatable bonds is 6. The summed E-state index contributed by atoms with van der Waals surface area (Å²) in [6.07, 6.45) is 4.18. The van der Waals surface area contributed by atoms with E-state index < -0.39 is 9.04 Å². The Bertz CT molecular complexity index is 348. The highest BCUT2D eigenvalue weighted by atomic mass is 28.3. The van der Waals surface area contributed by atoms with Crippen LogP contribution in [-0.4, -0.2) is 15.3 Å². The van der Waals surface area contributed by atoms with Gasteiger partial charge in [-0.1, -0.05) is 25.5 Å². The number of unbranched alkanes of at least 4 members (excludes halogenated alkanes) is 1. The summed E-state index contributed by atoms with van der Waals surface area (Å²) in [5.74, 6) is 0.826. The molecule has 0 fully saturated rings. The smallest absolute Gasteiger partial charge is 0.229 e. The number of hydrogen-bond donors (Lipinski definition) is 0. The third kappa shape index (κ3) is 3.49. The second-order valence-corrected chi connectivity index (χ2v) is 6.56. The zero-order chi connectivity index (χ0) is 12.0. The second kappa shape index (κ2) is 6.48. The lowest BCUT2D eigenvalue weighted by Crippen LogP contribution is -2.14. The van der Waals surface area contributed by atoms with Crippen LogP contribution in [0, 0.1) is 0 Å². The van der Waals surface area contributed by atoms with Gasteiger partial charge in [-0.3, -0.25) is 4.79 Å². The highest BCUT2D eigenvalue weighted by molar-refractivity contribution is 6.49. The van der Waals surface area contributed by atoms with E-state index >= 15 is 0 Å². The Morgan fingerprint density at radius 3 is 2.69 bits per heavy atom. The maximum Gasteiger partial charge on any atom is 0.229 e. The van der Waals surface area contributed by atoms with Crippen molar-refractivity contribution in [3.05, 3.63) is 29.3 Å². The fourth-order valence-electron chi connectivity index (χ4n) is 1.64. The topological polar surface area (TPSA) is 26.3 Å². The first-order valence-corrected chi connectivity index (χ1v) is 8.70. The molecule has 0 aliphatic rings.